The second-order valence-corrected chi connectivity index (χ2v) is 6.09. The number of alkyl halides is 3. The number of halogens is 3. The number of hydrogen-bond donors (Lipinski definition) is 0. The molecule has 1 fully saturated rings. The minimum Gasteiger partial charge on any atom is -0.476 e. The van der Waals surface area contributed by atoms with Gasteiger partial charge in [-0.05, 0) is 49.3 Å². The molecule has 2 aromatic heterocycles. The van der Waals surface area contributed by atoms with Gasteiger partial charge in [0.15, 0.2) is 0 Å². The molecule has 1 aliphatic rings. The lowest BCUT2D eigenvalue weighted by Gasteiger charge is -2.29. The number of nitrogens with zero attached hydrogens (tertiary/aromatic N) is 3. The summed E-state index contributed by atoms with van der Waals surface area (Å²) >= 11 is 0. The molecule has 0 saturated heterocycles. The van der Waals surface area contributed by atoms with E-state index < -0.39 is 12.1 Å². The molecule has 4 nitrogen and oxygen atoms in total. The zero-order valence-electron chi connectivity index (χ0n) is 13.0. The maximum Gasteiger partial charge on any atom is 0.391 e. The fourth-order valence-corrected chi connectivity index (χ4v) is 2.98. The highest BCUT2D eigenvalue weighted by atomic mass is 19.4. The molecule has 1 saturated carbocycles. The quantitative estimate of drug-likeness (QED) is 0.835. The van der Waals surface area contributed by atoms with Crippen molar-refractivity contribution >= 4 is 0 Å². The zero-order chi connectivity index (χ0) is 17.0. The van der Waals surface area contributed by atoms with Crippen molar-refractivity contribution in [3.8, 4) is 17.0 Å². The summed E-state index contributed by atoms with van der Waals surface area (Å²) in [6, 6.07) is 5.50. The van der Waals surface area contributed by atoms with Crippen LogP contribution >= 0.6 is 0 Å². The van der Waals surface area contributed by atoms with Crippen LogP contribution in [0.25, 0.3) is 11.1 Å². The number of rotatable bonds is 4. The van der Waals surface area contributed by atoms with Gasteiger partial charge in [0, 0.05) is 24.0 Å². The van der Waals surface area contributed by atoms with Gasteiger partial charge in [0.2, 0.25) is 5.88 Å². The molecule has 0 aromatic carbocycles. The van der Waals surface area contributed by atoms with E-state index in [0.29, 0.717) is 25.3 Å². The standard InChI is InChI=1S/C17H18F3N3O/c18-17(19,20)15-3-1-12(2-4-15)11-24-16-9-14(10-22-23-16)13-5-7-21-8-6-13/h5-10,12,15H,1-4,11H2. The van der Waals surface area contributed by atoms with E-state index in [2.05, 4.69) is 15.2 Å². The van der Waals surface area contributed by atoms with E-state index in [4.69, 9.17) is 4.74 Å². The Kier molecular flexibility index (Phi) is 4.97. The smallest absolute Gasteiger partial charge is 0.391 e. The molecule has 0 unspecified atom stereocenters. The lowest BCUT2D eigenvalue weighted by molar-refractivity contribution is -0.184. The molecular weight excluding hydrogens is 319 g/mol. The first-order valence-electron chi connectivity index (χ1n) is 7.95. The third-order valence-corrected chi connectivity index (χ3v) is 4.42. The second kappa shape index (κ2) is 7.15. The molecule has 128 valence electrons. The van der Waals surface area contributed by atoms with Crippen molar-refractivity contribution < 1.29 is 17.9 Å². The third kappa shape index (κ3) is 4.21. The van der Waals surface area contributed by atoms with Crippen molar-refractivity contribution in [2.24, 2.45) is 11.8 Å². The van der Waals surface area contributed by atoms with Crippen molar-refractivity contribution in [2.75, 3.05) is 6.61 Å². The third-order valence-electron chi connectivity index (χ3n) is 4.42. The summed E-state index contributed by atoms with van der Waals surface area (Å²) in [4.78, 5) is 3.97. The molecule has 0 atom stereocenters. The monoisotopic (exact) mass is 337 g/mol. The normalized spacial score (nSPS) is 21.5. The maximum absolute atomic E-state index is 12.7. The first-order chi connectivity index (χ1) is 11.5. The average Bonchev–Trinajstić information content (AvgIpc) is 2.61. The summed E-state index contributed by atoms with van der Waals surface area (Å²) in [5, 5.41) is 7.86. The van der Waals surface area contributed by atoms with Gasteiger partial charge in [-0.1, -0.05) is 0 Å². The van der Waals surface area contributed by atoms with E-state index in [0.717, 1.165) is 11.1 Å². The van der Waals surface area contributed by atoms with Crippen LogP contribution in [-0.4, -0.2) is 28.0 Å². The van der Waals surface area contributed by atoms with Crippen LogP contribution in [0.1, 0.15) is 25.7 Å². The predicted octanol–water partition coefficient (Wildman–Crippen LogP) is 4.29. The van der Waals surface area contributed by atoms with E-state index in [1.807, 2.05) is 12.1 Å². The van der Waals surface area contributed by atoms with Gasteiger partial charge in [-0.25, -0.2) is 0 Å². The minimum atomic E-state index is -4.07. The Labute approximate surface area is 138 Å². The molecule has 0 aliphatic heterocycles. The number of aromatic nitrogens is 3. The molecule has 1 aliphatic carbocycles. The van der Waals surface area contributed by atoms with Gasteiger partial charge in [-0.3, -0.25) is 4.98 Å². The minimum absolute atomic E-state index is 0.134. The van der Waals surface area contributed by atoms with E-state index >= 15 is 0 Å². The van der Waals surface area contributed by atoms with Gasteiger partial charge in [0.05, 0.1) is 18.7 Å². The Bertz CT molecular complexity index is 656. The van der Waals surface area contributed by atoms with E-state index in [9.17, 15) is 13.2 Å². The van der Waals surface area contributed by atoms with Crippen LogP contribution < -0.4 is 4.74 Å². The van der Waals surface area contributed by atoms with Crippen molar-refractivity contribution in [3.63, 3.8) is 0 Å². The molecule has 0 radical (unpaired) electrons. The lowest BCUT2D eigenvalue weighted by Crippen LogP contribution is -2.29. The van der Waals surface area contributed by atoms with Gasteiger partial charge < -0.3 is 4.74 Å². The Morgan fingerprint density at radius 2 is 1.75 bits per heavy atom. The van der Waals surface area contributed by atoms with Gasteiger partial charge in [-0.15, -0.1) is 5.10 Å². The van der Waals surface area contributed by atoms with Gasteiger partial charge in [0.25, 0.3) is 0 Å². The molecule has 3 rings (SSSR count). The molecule has 2 aromatic rings. The summed E-state index contributed by atoms with van der Waals surface area (Å²) in [7, 11) is 0. The molecule has 0 bridgehead atoms. The van der Waals surface area contributed by atoms with Crippen LogP contribution in [0, 0.1) is 11.8 Å². The Morgan fingerprint density at radius 3 is 2.42 bits per heavy atom. The highest BCUT2D eigenvalue weighted by molar-refractivity contribution is 5.62. The summed E-state index contributed by atoms with van der Waals surface area (Å²) in [5.41, 5.74) is 1.82. The fraction of sp³-hybridized carbons (Fsp3) is 0.471. The molecule has 0 spiro atoms. The topological polar surface area (TPSA) is 47.9 Å². The molecule has 0 N–H and O–H groups in total. The Morgan fingerprint density at radius 1 is 1.04 bits per heavy atom. The average molecular weight is 337 g/mol. The van der Waals surface area contributed by atoms with Crippen molar-refractivity contribution in [1.29, 1.82) is 0 Å². The molecular formula is C17H18F3N3O. The van der Waals surface area contributed by atoms with E-state index in [1.54, 1.807) is 24.7 Å². The largest absolute Gasteiger partial charge is 0.476 e. The molecule has 24 heavy (non-hydrogen) atoms. The SMILES string of the molecule is FC(F)(F)C1CCC(COc2cc(-c3ccncc3)cnn2)CC1. The lowest BCUT2D eigenvalue weighted by atomic mass is 9.82. The number of pyridine rings is 1. The van der Waals surface area contributed by atoms with E-state index in [1.165, 1.54) is 0 Å². The van der Waals surface area contributed by atoms with Crippen molar-refractivity contribution in [3.05, 3.63) is 36.8 Å². The highest BCUT2D eigenvalue weighted by Gasteiger charge is 2.41. The maximum atomic E-state index is 12.7. The molecule has 2 heterocycles. The first-order valence-corrected chi connectivity index (χ1v) is 7.95. The summed E-state index contributed by atoms with van der Waals surface area (Å²) in [5.74, 6) is -0.638. The summed E-state index contributed by atoms with van der Waals surface area (Å²) < 4.78 is 43.7. The molecule has 7 heteroatoms. The van der Waals surface area contributed by atoms with Crippen LogP contribution in [0.3, 0.4) is 0 Å². The van der Waals surface area contributed by atoms with Crippen LogP contribution in [0.15, 0.2) is 36.8 Å². The number of hydrogen-bond acceptors (Lipinski definition) is 4. The molecule has 0 amide bonds. The summed E-state index contributed by atoms with van der Waals surface area (Å²) in [6.07, 6.45) is 2.36. The van der Waals surface area contributed by atoms with Crippen LogP contribution in [0.5, 0.6) is 5.88 Å². The number of ether oxygens (including phenoxy) is 1. The highest BCUT2D eigenvalue weighted by Crippen LogP contribution is 2.39. The zero-order valence-corrected chi connectivity index (χ0v) is 13.0. The summed E-state index contributed by atoms with van der Waals surface area (Å²) in [6.45, 7) is 0.374. The van der Waals surface area contributed by atoms with Gasteiger partial charge in [0.1, 0.15) is 0 Å². The second-order valence-electron chi connectivity index (χ2n) is 6.09. The van der Waals surface area contributed by atoms with Gasteiger partial charge in [-0.2, -0.15) is 18.3 Å². The van der Waals surface area contributed by atoms with Crippen LogP contribution in [0.2, 0.25) is 0 Å². The van der Waals surface area contributed by atoms with Crippen LogP contribution in [0.4, 0.5) is 13.2 Å². The van der Waals surface area contributed by atoms with Crippen LogP contribution in [-0.2, 0) is 0 Å². The Balaban J connectivity index is 1.55. The fourth-order valence-electron chi connectivity index (χ4n) is 2.98. The Hall–Kier alpha value is -2.18. The predicted molar refractivity (Wildman–Crippen MR) is 82.3 cm³/mol. The van der Waals surface area contributed by atoms with Crippen molar-refractivity contribution in [2.45, 2.75) is 31.9 Å². The first kappa shape index (κ1) is 16.7. The van der Waals surface area contributed by atoms with E-state index in [-0.39, 0.29) is 18.8 Å². The van der Waals surface area contributed by atoms with Crippen molar-refractivity contribution in [1.82, 2.24) is 15.2 Å². The van der Waals surface area contributed by atoms with Gasteiger partial charge >= 0.3 is 6.18 Å².